The Kier molecular flexibility index (Phi) is 4.14. The van der Waals surface area contributed by atoms with Crippen molar-refractivity contribution in [2.24, 2.45) is 0 Å². The van der Waals surface area contributed by atoms with E-state index in [4.69, 9.17) is 14.2 Å². The van der Waals surface area contributed by atoms with Gasteiger partial charge in [0.1, 0.15) is 12.2 Å². The van der Waals surface area contributed by atoms with Crippen molar-refractivity contribution in [3.8, 4) is 0 Å². The topological polar surface area (TPSA) is 75.5 Å². The van der Waals surface area contributed by atoms with E-state index in [2.05, 4.69) is 9.97 Å². The summed E-state index contributed by atoms with van der Waals surface area (Å²) >= 11 is 0. The van der Waals surface area contributed by atoms with Crippen molar-refractivity contribution in [3.05, 3.63) is 35.0 Å². The second-order valence-electron chi connectivity index (χ2n) is 5.01. The Balaban J connectivity index is 2.00. The first-order chi connectivity index (χ1) is 10.7. The van der Waals surface area contributed by atoms with Crippen LogP contribution in [0.25, 0.3) is 11.0 Å². The van der Waals surface area contributed by atoms with Gasteiger partial charge in [0.2, 0.25) is 0 Å². The number of alkyl halides is 1. The molecule has 0 spiro atoms. The summed E-state index contributed by atoms with van der Waals surface area (Å²) < 4.78 is 31.5. The van der Waals surface area contributed by atoms with Gasteiger partial charge in [-0.3, -0.25) is 4.57 Å². The molecule has 22 heavy (non-hydrogen) atoms. The minimum absolute atomic E-state index is 0.173. The van der Waals surface area contributed by atoms with Gasteiger partial charge < -0.3 is 14.2 Å². The Morgan fingerprint density at radius 1 is 1.45 bits per heavy atom. The molecule has 1 fully saturated rings. The molecule has 118 valence electrons. The summed E-state index contributed by atoms with van der Waals surface area (Å²) in [4.78, 5) is 20.0. The highest BCUT2D eigenvalue weighted by Gasteiger charge is 2.46. The molecule has 1 aliphatic heterocycles. The molecule has 2 aromatic heterocycles. The Bertz CT molecular complexity index is 723. The minimum atomic E-state index is -1.50. The van der Waals surface area contributed by atoms with Crippen molar-refractivity contribution < 1.29 is 18.6 Å². The molecular formula is C14H16FN3O4. The minimum Gasteiger partial charge on any atom is -0.382 e. The van der Waals surface area contributed by atoms with Crippen LogP contribution in [0.4, 0.5) is 4.39 Å². The number of fused-ring (bicyclic) bond motifs is 1. The smallest absolute Gasteiger partial charge is 0.351 e. The highest BCUT2D eigenvalue weighted by atomic mass is 19.1. The third-order valence-electron chi connectivity index (χ3n) is 3.66. The van der Waals surface area contributed by atoms with E-state index in [0.717, 1.165) is 4.57 Å². The van der Waals surface area contributed by atoms with E-state index >= 15 is 0 Å². The zero-order valence-electron chi connectivity index (χ0n) is 12.2. The van der Waals surface area contributed by atoms with Crippen LogP contribution < -0.4 is 5.69 Å². The fourth-order valence-electron chi connectivity index (χ4n) is 2.64. The van der Waals surface area contributed by atoms with Crippen LogP contribution in [-0.2, 0) is 14.2 Å². The van der Waals surface area contributed by atoms with Crippen molar-refractivity contribution in [2.75, 3.05) is 20.8 Å². The molecule has 0 saturated carbocycles. The van der Waals surface area contributed by atoms with Crippen molar-refractivity contribution in [3.63, 3.8) is 0 Å². The maximum atomic E-state index is 14.6. The van der Waals surface area contributed by atoms with Crippen LogP contribution in [0.5, 0.6) is 0 Å². The van der Waals surface area contributed by atoms with Crippen LogP contribution in [0.2, 0.25) is 0 Å². The first-order valence-electron chi connectivity index (χ1n) is 6.81. The molecule has 7 nitrogen and oxygen atoms in total. The zero-order chi connectivity index (χ0) is 15.7. The molecule has 4 atom stereocenters. The van der Waals surface area contributed by atoms with Crippen molar-refractivity contribution >= 4 is 11.0 Å². The van der Waals surface area contributed by atoms with Gasteiger partial charge in [0.25, 0.3) is 0 Å². The number of aromatic nitrogens is 3. The molecule has 1 aliphatic rings. The van der Waals surface area contributed by atoms with Crippen molar-refractivity contribution in [1.29, 1.82) is 0 Å². The number of halogens is 1. The molecule has 0 amide bonds. The maximum absolute atomic E-state index is 14.6. The summed E-state index contributed by atoms with van der Waals surface area (Å²) in [6.07, 6.45) is -0.961. The number of hydrogen-bond acceptors (Lipinski definition) is 6. The van der Waals surface area contributed by atoms with Gasteiger partial charge >= 0.3 is 5.69 Å². The van der Waals surface area contributed by atoms with E-state index in [-0.39, 0.29) is 6.61 Å². The molecule has 0 aromatic carbocycles. The van der Waals surface area contributed by atoms with E-state index in [9.17, 15) is 9.18 Å². The van der Waals surface area contributed by atoms with Gasteiger partial charge in [0, 0.05) is 32.0 Å². The summed E-state index contributed by atoms with van der Waals surface area (Å²) in [6, 6.07) is 3.46. The number of nitrogens with zero attached hydrogens (tertiary/aromatic N) is 3. The summed E-state index contributed by atoms with van der Waals surface area (Å²) in [5, 5.41) is 0.627. The van der Waals surface area contributed by atoms with Crippen LogP contribution in [0.15, 0.2) is 29.3 Å². The lowest BCUT2D eigenvalue weighted by molar-refractivity contribution is -0.0623. The molecule has 1 saturated heterocycles. The SMILES string of the molecule is COC[C@H]1O[C@@H](n2cc3cccnc3nc2=O)[C@@H](F)C1OC. The van der Waals surface area contributed by atoms with E-state index in [1.807, 2.05) is 0 Å². The Morgan fingerprint density at radius 3 is 3.00 bits per heavy atom. The summed E-state index contributed by atoms with van der Waals surface area (Å²) in [7, 11) is 2.89. The summed E-state index contributed by atoms with van der Waals surface area (Å²) in [6.45, 7) is 0.173. The summed E-state index contributed by atoms with van der Waals surface area (Å²) in [5.41, 5.74) is -0.305. The monoisotopic (exact) mass is 309 g/mol. The van der Waals surface area contributed by atoms with Gasteiger partial charge in [-0.2, -0.15) is 4.98 Å². The van der Waals surface area contributed by atoms with E-state index in [1.54, 1.807) is 18.3 Å². The van der Waals surface area contributed by atoms with Gasteiger partial charge in [-0.15, -0.1) is 0 Å². The number of pyridine rings is 1. The maximum Gasteiger partial charge on any atom is 0.351 e. The van der Waals surface area contributed by atoms with Gasteiger partial charge in [-0.25, -0.2) is 14.2 Å². The molecule has 1 unspecified atom stereocenters. The van der Waals surface area contributed by atoms with Gasteiger partial charge in [0.05, 0.1) is 6.61 Å². The molecule has 2 aromatic rings. The van der Waals surface area contributed by atoms with Crippen molar-refractivity contribution in [1.82, 2.24) is 14.5 Å². The van der Waals surface area contributed by atoms with E-state index < -0.39 is 30.3 Å². The molecule has 3 rings (SSSR count). The van der Waals surface area contributed by atoms with Crippen molar-refractivity contribution in [2.45, 2.75) is 24.6 Å². The third kappa shape index (κ3) is 2.49. The second-order valence-corrected chi connectivity index (χ2v) is 5.01. The summed E-state index contributed by atoms with van der Waals surface area (Å²) in [5.74, 6) is 0. The number of hydrogen-bond donors (Lipinski definition) is 0. The van der Waals surface area contributed by atoms with E-state index in [1.165, 1.54) is 20.4 Å². The fraction of sp³-hybridized carbons (Fsp3) is 0.500. The molecular weight excluding hydrogens is 293 g/mol. The lowest BCUT2D eigenvalue weighted by atomic mass is 10.1. The average molecular weight is 309 g/mol. The first-order valence-corrected chi connectivity index (χ1v) is 6.81. The van der Waals surface area contributed by atoms with Crippen LogP contribution in [-0.4, -0.2) is 53.7 Å². The number of ether oxygens (including phenoxy) is 3. The molecule has 0 bridgehead atoms. The predicted octanol–water partition coefficient (Wildman–Crippen LogP) is 0.688. The lowest BCUT2D eigenvalue weighted by Crippen LogP contribution is -2.35. The Morgan fingerprint density at radius 2 is 2.27 bits per heavy atom. The third-order valence-corrected chi connectivity index (χ3v) is 3.66. The molecule has 8 heteroatoms. The van der Waals surface area contributed by atoms with E-state index in [0.29, 0.717) is 11.0 Å². The highest BCUT2D eigenvalue weighted by Crippen LogP contribution is 2.33. The largest absolute Gasteiger partial charge is 0.382 e. The molecule has 0 N–H and O–H groups in total. The average Bonchev–Trinajstić information content (AvgIpc) is 2.82. The predicted molar refractivity (Wildman–Crippen MR) is 75.3 cm³/mol. The van der Waals surface area contributed by atoms with Crippen LogP contribution in [0.1, 0.15) is 6.23 Å². The van der Waals surface area contributed by atoms with Crippen LogP contribution >= 0.6 is 0 Å². The van der Waals surface area contributed by atoms with Gasteiger partial charge in [-0.05, 0) is 12.1 Å². The Hall–Kier alpha value is -1.90. The zero-order valence-corrected chi connectivity index (χ0v) is 12.2. The highest BCUT2D eigenvalue weighted by molar-refractivity contribution is 5.72. The normalized spacial score (nSPS) is 28.3. The van der Waals surface area contributed by atoms with Crippen LogP contribution in [0, 0.1) is 0 Å². The fourth-order valence-corrected chi connectivity index (χ4v) is 2.64. The molecule has 0 radical (unpaired) electrons. The molecule has 0 aliphatic carbocycles. The number of rotatable bonds is 4. The Labute approximate surface area is 125 Å². The second kappa shape index (κ2) is 6.07. The standard InChI is InChI=1S/C14H16FN3O4/c1-20-7-9-11(21-2)10(15)13(22-9)18-6-8-4-3-5-16-12(8)17-14(18)19/h3-6,9-11,13H,7H2,1-2H3/t9-,10+,11?,13-/m1/s1. The quantitative estimate of drug-likeness (QED) is 0.827. The number of methoxy groups -OCH3 is 2. The first kappa shape index (κ1) is 15.0. The van der Waals surface area contributed by atoms with Gasteiger partial charge in [-0.1, -0.05) is 0 Å². The van der Waals surface area contributed by atoms with Gasteiger partial charge in [0.15, 0.2) is 18.0 Å². The van der Waals surface area contributed by atoms with Crippen LogP contribution in [0.3, 0.4) is 0 Å². The lowest BCUT2D eigenvalue weighted by Gasteiger charge is -2.16. The molecule has 3 heterocycles.